The van der Waals surface area contributed by atoms with E-state index >= 15 is 0 Å². The van der Waals surface area contributed by atoms with Crippen LogP contribution in [0.5, 0.6) is 0 Å². The van der Waals surface area contributed by atoms with E-state index < -0.39 is 21.8 Å². The number of hydrogen-bond donors (Lipinski definition) is 2. The van der Waals surface area contributed by atoms with E-state index in [1.165, 1.54) is 7.05 Å². The Hall–Kier alpha value is -0.900. The smallest absolute Gasteiger partial charge is 0.371 e. The SMILES string of the molecule is CN(CCO)S(=O)(=O)c1cc(C(=O)O)oc1Br. The van der Waals surface area contributed by atoms with Gasteiger partial charge in [0.2, 0.25) is 15.8 Å². The van der Waals surface area contributed by atoms with E-state index in [0.29, 0.717) is 0 Å². The average molecular weight is 328 g/mol. The molecular formula is C8H10BrNO6S. The Labute approximate surface area is 106 Å². The van der Waals surface area contributed by atoms with Crippen molar-refractivity contribution >= 4 is 31.9 Å². The van der Waals surface area contributed by atoms with E-state index in [-0.39, 0.29) is 22.7 Å². The number of carboxylic acids is 1. The molecule has 9 heteroatoms. The highest BCUT2D eigenvalue weighted by Crippen LogP contribution is 2.28. The number of aliphatic hydroxyl groups is 1. The molecule has 2 N–H and O–H groups in total. The van der Waals surface area contributed by atoms with E-state index in [1.807, 2.05) is 0 Å². The van der Waals surface area contributed by atoms with Crippen molar-refractivity contribution < 1.29 is 27.8 Å². The lowest BCUT2D eigenvalue weighted by molar-refractivity contribution is 0.0661. The summed E-state index contributed by atoms with van der Waals surface area (Å²) < 4.78 is 29.3. The largest absolute Gasteiger partial charge is 0.475 e. The molecule has 0 unspecified atom stereocenters. The molecule has 1 aromatic heterocycles. The summed E-state index contributed by atoms with van der Waals surface area (Å²) in [5, 5.41) is 17.3. The second-order valence-electron chi connectivity index (χ2n) is 3.10. The van der Waals surface area contributed by atoms with E-state index in [0.717, 1.165) is 10.4 Å². The summed E-state index contributed by atoms with van der Waals surface area (Å²) in [5.74, 6) is -1.84. The maximum absolute atomic E-state index is 11.9. The molecular weight excluding hydrogens is 318 g/mol. The number of aliphatic hydroxyl groups excluding tert-OH is 1. The predicted molar refractivity (Wildman–Crippen MR) is 60.3 cm³/mol. The van der Waals surface area contributed by atoms with Crippen LogP contribution in [0.25, 0.3) is 0 Å². The van der Waals surface area contributed by atoms with Crippen LogP contribution in [0.1, 0.15) is 10.6 Å². The maximum Gasteiger partial charge on any atom is 0.371 e. The van der Waals surface area contributed by atoms with Crippen molar-refractivity contribution in [3.63, 3.8) is 0 Å². The zero-order valence-electron chi connectivity index (χ0n) is 8.75. The molecule has 0 radical (unpaired) electrons. The van der Waals surface area contributed by atoms with Gasteiger partial charge in [0.05, 0.1) is 6.61 Å². The van der Waals surface area contributed by atoms with Crippen molar-refractivity contribution in [1.29, 1.82) is 0 Å². The Morgan fingerprint density at radius 3 is 2.59 bits per heavy atom. The first-order valence-electron chi connectivity index (χ1n) is 4.40. The van der Waals surface area contributed by atoms with E-state index in [9.17, 15) is 13.2 Å². The minimum atomic E-state index is -3.88. The summed E-state index contributed by atoms with van der Waals surface area (Å²) in [6, 6.07) is 0.912. The van der Waals surface area contributed by atoms with E-state index in [2.05, 4.69) is 15.9 Å². The molecule has 0 fully saturated rings. The zero-order valence-corrected chi connectivity index (χ0v) is 11.2. The summed E-state index contributed by atoms with van der Waals surface area (Å²) in [6.45, 7) is -0.431. The Balaban J connectivity index is 3.20. The quantitative estimate of drug-likeness (QED) is 0.808. The van der Waals surface area contributed by atoms with Crippen LogP contribution in [0.4, 0.5) is 0 Å². The normalized spacial score (nSPS) is 12.0. The second kappa shape index (κ2) is 5.17. The molecule has 0 aromatic carbocycles. The third-order valence-corrected chi connectivity index (χ3v) is 4.68. The van der Waals surface area contributed by atoms with Gasteiger partial charge in [0.1, 0.15) is 4.90 Å². The minimum Gasteiger partial charge on any atom is -0.475 e. The third-order valence-electron chi connectivity index (χ3n) is 1.97. The summed E-state index contributed by atoms with van der Waals surface area (Å²) in [7, 11) is -2.61. The number of sulfonamides is 1. The van der Waals surface area contributed by atoms with Gasteiger partial charge < -0.3 is 14.6 Å². The number of likely N-dealkylation sites (N-methyl/N-ethyl adjacent to an activating group) is 1. The van der Waals surface area contributed by atoms with Crippen LogP contribution in [0.15, 0.2) is 20.0 Å². The highest BCUT2D eigenvalue weighted by Gasteiger charge is 2.28. The Morgan fingerprint density at radius 1 is 1.59 bits per heavy atom. The van der Waals surface area contributed by atoms with Gasteiger partial charge in [0.25, 0.3) is 0 Å². The number of nitrogens with zero attached hydrogens (tertiary/aromatic N) is 1. The van der Waals surface area contributed by atoms with Crippen molar-refractivity contribution in [3.05, 3.63) is 16.5 Å². The zero-order chi connectivity index (χ0) is 13.2. The molecule has 0 spiro atoms. The van der Waals surface area contributed by atoms with Gasteiger partial charge in [-0.25, -0.2) is 13.2 Å². The van der Waals surface area contributed by atoms with Crippen LogP contribution in [0, 0.1) is 0 Å². The highest BCUT2D eigenvalue weighted by molar-refractivity contribution is 9.10. The molecule has 0 aliphatic rings. The maximum atomic E-state index is 11.9. The molecule has 0 aliphatic carbocycles. The first-order valence-corrected chi connectivity index (χ1v) is 6.64. The summed E-state index contributed by atoms with van der Waals surface area (Å²) >= 11 is 2.84. The molecule has 0 atom stereocenters. The molecule has 1 heterocycles. The van der Waals surface area contributed by atoms with Crippen LogP contribution in [0.2, 0.25) is 0 Å². The van der Waals surface area contributed by atoms with Gasteiger partial charge in [-0.2, -0.15) is 4.31 Å². The Bertz CT molecular complexity index is 522. The van der Waals surface area contributed by atoms with Crippen LogP contribution in [0.3, 0.4) is 0 Å². The van der Waals surface area contributed by atoms with Gasteiger partial charge in [-0.3, -0.25) is 0 Å². The minimum absolute atomic E-state index is 0.0949. The topological polar surface area (TPSA) is 108 Å². The molecule has 1 aromatic rings. The number of rotatable bonds is 5. The molecule has 0 saturated heterocycles. The van der Waals surface area contributed by atoms with Gasteiger partial charge >= 0.3 is 5.97 Å². The lowest BCUT2D eigenvalue weighted by atomic mass is 10.5. The van der Waals surface area contributed by atoms with Crippen molar-refractivity contribution in [2.75, 3.05) is 20.2 Å². The molecule has 96 valence electrons. The fourth-order valence-corrected chi connectivity index (χ4v) is 3.12. The van der Waals surface area contributed by atoms with Gasteiger partial charge in [0.15, 0.2) is 4.67 Å². The van der Waals surface area contributed by atoms with Crippen molar-refractivity contribution in [1.82, 2.24) is 4.31 Å². The molecule has 1 rings (SSSR count). The lowest BCUT2D eigenvalue weighted by Crippen LogP contribution is -2.29. The van der Waals surface area contributed by atoms with Crippen LogP contribution in [-0.4, -0.2) is 49.1 Å². The average Bonchev–Trinajstić information content (AvgIpc) is 2.61. The predicted octanol–water partition coefficient (Wildman–Crippen LogP) is 0.353. The van der Waals surface area contributed by atoms with Crippen LogP contribution >= 0.6 is 15.9 Å². The summed E-state index contributed by atoms with van der Waals surface area (Å²) in [4.78, 5) is 10.3. The monoisotopic (exact) mass is 327 g/mol. The van der Waals surface area contributed by atoms with Gasteiger partial charge in [-0.1, -0.05) is 0 Å². The molecule has 0 bridgehead atoms. The van der Waals surface area contributed by atoms with Crippen molar-refractivity contribution in [2.45, 2.75) is 4.90 Å². The number of halogens is 1. The van der Waals surface area contributed by atoms with Crippen molar-refractivity contribution in [2.24, 2.45) is 0 Å². The Kier molecular flexibility index (Phi) is 4.31. The summed E-state index contributed by atoms with van der Waals surface area (Å²) in [5.41, 5.74) is 0. The number of carbonyl (C=O) groups is 1. The number of carboxylic acid groups (broad SMARTS) is 1. The third kappa shape index (κ3) is 2.86. The van der Waals surface area contributed by atoms with Gasteiger partial charge in [-0.15, -0.1) is 0 Å². The first-order chi connectivity index (χ1) is 7.80. The number of hydrogen-bond acceptors (Lipinski definition) is 5. The van der Waals surface area contributed by atoms with Gasteiger partial charge in [0, 0.05) is 19.7 Å². The first kappa shape index (κ1) is 14.2. The fraction of sp³-hybridized carbons (Fsp3) is 0.375. The molecule has 17 heavy (non-hydrogen) atoms. The Morgan fingerprint density at radius 2 is 2.18 bits per heavy atom. The van der Waals surface area contributed by atoms with Crippen LogP contribution in [-0.2, 0) is 10.0 Å². The molecule has 0 aliphatic heterocycles. The summed E-state index contributed by atoms with van der Waals surface area (Å²) in [6.07, 6.45) is 0. The molecule has 7 nitrogen and oxygen atoms in total. The van der Waals surface area contributed by atoms with Crippen molar-refractivity contribution in [3.8, 4) is 0 Å². The van der Waals surface area contributed by atoms with E-state index in [4.69, 9.17) is 14.6 Å². The lowest BCUT2D eigenvalue weighted by Gasteiger charge is -2.14. The molecule has 0 amide bonds. The van der Waals surface area contributed by atoms with E-state index in [1.54, 1.807) is 0 Å². The standard InChI is InChI=1S/C8H10BrNO6S/c1-10(2-3-11)17(14,15)6-4-5(8(12)13)16-7(6)9/h4,11H,2-3H2,1H3,(H,12,13). The second-order valence-corrected chi connectivity index (χ2v) is 5.84. The van der Waals surface area contributed by atoms with Gasteiger partial charge in [-0.05, 0) is 15.9 Å². The highest BCUT2D eigenvalue weighted by atomic mass is 79.9. The molecule has 0 saturated carbocycles. The number of furan rings is 1. The van der Waals surface area contributed by atoms with Crippen LogP contribution < -0.4 is 0 Å². The fourth-order valence-electron chi connectivity index (χ4n) is 1.06. The number of aromatic carboxylic acids is 1.